The first kappa shape index (κ1) is 10.6. The molecule has 0 amide bonds. The summed E-state index contributed by atoms with van der Waals surface area (Å²) in [5.74, 6) is -0.312. The third-order valence-electron chi connectivity index (χ3n) is 2.55. The molecule has 0 spiro atoms. The third-order valence-corrected chi connectivity index (χ3v) is 2.55. The van der Waals surface area contributed by atoms with Gasteiger partial charge in [-0.3, -0.25) is 0 Å². The largest absolute Gasteiger partial charge is 0.506 e. The highest BCUT2D eigenvalue weighted by molar-refractivity contribution is 5.54. The molecule has 19 heavy (non-hydrogen) atoms. The van der Waals surface area contributed by atoms with E-state index in [1.807, 2.05) is 6.92 Å². The van der Waals surface area contributed by atoms with Crippen molar-refractivity contribution in [2.24, 2.45) is 10.2 Å². The molecule has 0 saturated heterocycles. The maximum Gasteiger partial charge on any atom is 0.143 e. The maximum atomic E-state index is 9.82. The summed E-state index contributed by atoms with van der Waals surface area (Å²) in [5, 5.41) is 27.1. The van der Waals surface area contributed by atoms with Crippen molar-refractivity contribution in [3.63, 3.8) is 0 Å². The van der Waals surface area contributed by atoms with Crippen molar-refractivity contribution < 1.29 is 13.0 Å². The summed E-state index contributed by atoms with van der Waals surface area (Å²) < 4.78 is 15.7. The van der Waals surface area contributed by atoms with Gasteiger partial charge in [-0.15, -0.1) is 10.2 Å². The fourth-order valence-electron chi connectivity index (χ4n) is 1.61. The van der Waals surface area contributed by atoms with E-state index in [-0.39, 0.29) is 35.0 Å². The van der Waals surface area contributed by atoms with Gasteiger partial charge in [0.15, 0.2) is 0 Å². The predicted octanol–water partition coefficient (Wildman–Crippen LogP) is 4.47. The van der Waals surface area contributed by atoms with Crippen LogP contribution in [0, 0.1) is 0 Å². The highest BCUT2D eigenvalue weighted by Gasteiger charge is 2.02. The van der Waals surface area contributed by atoms with Crippen molar-refractivity contribution in [3.8, 4) is 11.5 Å². The zero-order chi connectivity index (χ0) is 15.4. The van der Waals surface area contributed by atoms with Crippen LogP contribution in [0.1, 0.15) is 21.6 Å². The number of azo groups is 1. The minimum absolute atomic E-state index is 0.0113. The van der Waals surface area contributed by atoms with Gasteiger partial charge in [0.1, 0.15) is 22.9 Å². The van der Waals surface area contributed by atoms with Crippen LogP contribution < -0.4 is 0 Å². The molecule has 0 heterocycles. The average molecular weight is 258 g/mol. The van der Waals surface area contributed by atoms with E-state index in [9.17, 15) is 10.2 Å². The lowest BCUT2D eigenvalue weighted by Gasteiger charge is -2.02. The molecule has 2 N–H and O–H groups in total. The quantitative estimate of drug-likeness (QED) is 0.795. The Labute approximate surface area is 114 Å². The Balaban J connectivity index is 2.43. The highest BCUT2D eigenvalue weighted by Crippen LogP contribution is 2.32. The van der Waals surface area contributed by atoms with Gasteiger partial charge in [-0.1, -0.05) is 31.5 Å². The molecule has 0 fully saturated rings. The smallest absolute Gasteiger partial charge is 0.143 e. The zero-order valence-corrected chi connectivity index (χ0v) is 10.6. The number of hydrogen-bond acceptors (Lipinski definition) is 4. The van der Waals surface area contributed by atoms with Crippen LogP contribution in [0.25, 0.3) is 0 Å². The Morgan fingerprint density at radius 1 is 1.05 bits per heavy atom. The first-order valence-corrected chi connectivity index (χ1v) is 6.06. The molecule has 2 aromatic rings. The molecule has 0 bridgehead atoms. The first-order valence-electron chi connectivity index (χ1n) is 7.06. The molecule has 0 saturated carbocycles. The van der Waals surface area contributed by atoms with Crippen LogP contribution in [0.3, 0.4) is 0 Å². The Bertz CT molecular complexity index is 667. The fraction of sp³-hybridized carbons (Fsp3) is 0.200. The van der Waals surface area contributed by atoms with Gasteiger partial charge >= 0.3 is 0 Å². The van der Waals surface area contributed by atoms with Crippen LogP contribution >= 0.6 is 0 Å². The van der Waals surface area contributed by atoms with Gasteiger partial charge in [0.25, 0.3) is 0 Å². The van der Waals surface area contributed by atoms with E-state index < -0.39 is 0 Å². The van der Waals surface area contributed by atoms with Crippen LogP contribution in [0.15, 0.2) is 52.6 Å². The van der Waals surface area contributed by atoms with Crippen LogP contribution in [0.5, 0.6) is 11.5 Å². The normalized spacial score (nSPS) is 12.5. The molecule has 0 aliphatic heterocycles. The Hall–Kier alpha value is -2.36. The Morgan fingerprint density at radius 3 is 2.53 bits per heavy atom. The summed E-state index contributed by atoms with van der Waals surface area (Å²) in [7, 11) is 0. The Morgan fingerprint density at radius 2 is 1.79 bits per heavy atom. The van der Waals surface area contributed by atoms with Crippen molar-refractivity contribution in [2.75, 3.05) is 0 Å². The number of hydrogen-bond donors (Lipinski definition) is 2. The lowest BCUT2D eigenvalue weighted by atomic mass is 10.1. The average Bonchev–Trinajstić information content (AvgIpc) is 2.44. The number of aryl methyl sites for hydroxylation is 1. The van der Waals surface area contributed by atoms with Crippen LogP contribution in [-0.2, 0) is 6.42 Å². The number of benzene rings is 2. The number of phenols is 2. The van der Waals surface area contributed by atoms with Crippen LogP contribution in [-0.4, -0.2) is 10.2 Å². The SMILES string of the molecule is [2H]c1cccc(O)c1N=Nc1c(O)ccc(CCC)c1[2H]. The number of nitrogens with zero attached hydrogens (tertiary/aromatic N) is 2. The summed E-state index contributed by atoms with van der Waals surface area (Å²) in [6.07, 6.45) is 1.59. The molecule has 0 radical (unpaired) electrons. The van der Waals surface area contributed by atoms with Crippen LogP contribution in [0.2, 0.25) is 0 Å². The van der Waals surface area contributed by atoms with Gasteiger partial charge < -0.3 is 10.2 Å². The molecule has 0 unspecified atom stereocenters. The van der Waals surface area contributed by atoms with Crippen molar-refractivity contribution in [3.05, 3.63) is 48.0 Å². The van der Waals surface area contributed by atoms with E-state index in [0.29, 0.717) is 6.42 Å². The van der Waals surface area contributed by atoms with Crippen molar-refractivity contribution >= 4 is 11.4 Å². The topological polar surface area (TPSA) is 65.2 Å². The van der Waals surface area contributed by atoms with Crippen molar-refractivity contribution in [2.45, 2.75) is 19.8 Å². The molecule has 2 rings (SSSR count). The standard InChI is InChI=1S/C15H16N2O2/c1-2-5-11-8-9-15(19)13(10-11)17-16-12-6-3-4-7-14(12)18/h3-4,6-10,18-19H,2,5H2,1H3/i6D,10D. The van der Waals surface area contributed by atoms with Crippen molar-refractivity contribution in [1.29, 1.82) is 0 Å². The molecule has 2 aromatic carbocycles. The van der Waals surface area contributed by atoms with Gasteiger partial charge in [0, 0.05) is 0 Å². The lowest BCUT2D eigenvalue weighted by Crippen LogP contribution is -1.81. The van der Waals surface area contributed by atoms with Crippen molar-refractivity contribution in [1.82, 2.24) is 0 Å². The summed E-state index contributed by atoms with van der Waals surface area (Å²) in [4.78, 5) is 0. The van der Waals surface area contributed by atoms with E-state index in [0.717, 1.165) is 12.0 Å². The molecular formula is C15H16N2O2. The third kappa shape index (κ3) is 3.31. The van der Waals surface area contributed by atoms with E-state index in [1.54, 1.807) is 6.07 Å². The second-order valence-corrected chi connectivity index (χ2v) is 4.07. The summed E-state index contributed by atoms with van der Waals surface area (Å²) in [5.41, 5.74) is 0.827. The lowest BCUT2D eigenvalue weighted by molar-refractivity contribution is 0.473. The molecule has 0 aliphatic carbocycles. The van der Waals surface area contributed by atoms with E-state index in [4.69, 9.17) is 2.74 Å². The number of phenolic OH excluding ortho intramolecular Hbond substituents is 2. The van der Waals surface area contributed by atoms with Crippen LogP contribution in [0.4, 0.5) is 11.4 Å². The second-order valence-electron chi connectivity index (χ2n) is 4.07. The first-order chi connectivity index (χ1) is 10.0. The molecule has 0 atom stereocenters. The highest BCUT2D eigenvalue weighted by atomic mass is 16.3. The number of para-hydroxylation sites is 1. The predicted molar refractivity (Wildman–Crippen MR) is 74.4 cm³/mol. The maximum absolute atomic E-state index is 9.82. The molecule has 0 aliphatic rings. The van der Waals surface area contributed by atoms with Gasteiger partial charge in [0.05, 0.1) is 2.74 Å². The zero-order valence-electron chi connectivity index (χ0n) is 12.6. The van der Waals surface area contributed by atoms with Gasteiger partial charge in [-0.05, 0) is 36.2 Å². The minimum Gasteiger partial charge on any atom is -0.506 e. The molecule has 4 nitrogen and oxygen atoms in total. The van der Waals surface area contributed by atoms with Gasteiger partial charge in [-0.25, -0.2) is 0 Å². The minimum atomic E-state index is -0.165. The van der Waals surface area contributed by atoms with E-state index >= 15 is 0 Å². The van der Waals surface area contributed by atoms with Gasteiger partial charge in [-0.2, -0.15) is 0 Å². The van der Waals surface area contributed by atoms with Gasteiger partial charge in [0.2, 0.25) is 0 Å². The molecule has 0 aromatic heterocycles. The summed E-state index contributed by atoms with van der Waals surface area (Å²) >= 11 is 0. The number of aromatic hydroxyl groups is 2. The molecule has 4 heteroatoms. The van der Waals surface area contributed by atoms with E-state index in [2.05, 4.69) is 10.2 Å². The summed E-state index contributed by atoms with van der Waals surface area (Å²) in [6, 6.07) is 7.72. The molecule has 98 valence electrons. The monoisotopic (exact) mass is 258 g/mol. The Kier molecular flexibility index (Phi) is 3.33. The van der Waals surface area contributed by atoms with E-state index in [1.165, 1.54) is 24.3 Å². The summed E-state index contributed by atoms with van der Waals surface area (Å²) in [6.45, 7) is 2.00. The molecular weight excluding hydrogens is 240 g/mol. The fourth-order valence-corrected chi connectivity index (χ4v) is 1.61. The number of rotatable bonds is 4. The second kappa shape index (κ2) is 6.00.